The van der Waals surface area contributed by atoms with E-state index in [4.69, 9.17) is 5.26 Å². The van der Waals surface area contributed by atoms with Crippen LogP contribution in [-0.2, 0) is 4.79 Å². The van der Waals surface area contributed by atoms with E-state index < -0.39 is 0 Å². The molecule has 0 spiro atoms. The largest absolute Gasteiger partial charge is 0.315 e. The topological polar surface area (TPSA) is 44.1 Å². The number of nitriles is 1. The van der Waals surface area contributed by atoms with E-state index in [-0.39, 0.29) is 18.2 Å². The Morgan fingerprint density at radius 2 is 2.18 bits per heavy atom. The van der Waals surface area contributed by atoms with Gasteiger partial charge in [0.25, 0.3) is 0 Å². The van der Waals surface area contributed by atoms with Gasteiger partial charge in [0.15, 0.2) is 0 Å². The molecule has 3 heteroatoms. The van der Waals surface area contributed by atoms with Crippen LogP contribution in [0.5, 0.6) is 0 Å². The SMILES string of the molecule is CC(C)c1ccc2c(c1)[C@H](CC#N)C(=O)N2C. The Labute approximate surface area is 102 Å². The van der Waals surface area contributed by atoms with E-state index in [0.29, 0.717) is 5.92 Å². The lowest BCUT2D eigenvalue weighted by Gasteiger charge is -2.11. The Balaban J connectivity index is 2.50. The molecule has 0 saturated carbocycles. The second-order valence-corrected chi connectivity index (χ2v) is 4.79. The smallest absolute Gasteiger partial charge is 0.235 e. The number of hydrogen-bond donors (Lipinski definition) is 0. The first-order valence-electron chi connectivity index (χ1n) is 5.84. The third-order valence-electron chi connectivity index (χ3n) is 3.38. The van der Waals surface area contributed by atoms with Gasteiger partial charge in [0.1, 0.15) is 0 Å². The highest BCUT2D eigenvalue weighted by atomic mass is 16.2. The number of likely N-dealkylation sites (N-methyl/N-ethyl adjacent to an activating group) is 1. The Hall–Kier alpha value is -1.82. The minimum absolute atomic E-state index is 0.0301. The third kappa shape index (κ3) is 1.80. The van der Waals surface area contributed by atoms with E-state index in [9.17, 15) is 4.79 Å². The van der Waals surface area contributed by atoms with Crippen molar-refractivity contribution in [2.24, 2.45) is 0 Å². The van der Waals surface area contributed by atoms with E-state index in [1.807, 2.05) is 6.07 Å². The van der Waals surface area contributed by atoms with Gasteiger partial charge in [-0.15, -0.1) is 0 Å². The minimum Gasteiger partial charge on any atom is -0.315 e. The molecule has 1 aromatic rings. The predicted molar refractivity (Wildman–Crippen MR) is 66.9 cm³/mol. The summed E-state index contributed by atoms with van der Waals surface area (Å²) in [6, 6.07) is 8.22. The Morgan fingerprint density at radius 3 is 2.76 bits per heavy atom. The van der Waals surface area contributed by atoms with Crippen molar-refractivity contribution >= 4 is 11.6 Å². The molecule has 0 N–H and O–H groups in total. The van der Waals surface area contributed by atoms with Crippen LogP contribution in [-0.4, -0.2) is 13.0 Å². The lowest BCUT2D eigenvalue weighted by Crippen LogP contribution is -2.23. The van der Waals surface area contributed by atoms with Gasteiger partial charge in [-0.2, -0.15) is 5.26 Å². The number of hydrogen-bond acceptors (Lipinski definition) is 2. The summed E-state index contributed by atoms with van der Waals surface area (Å²) in [6.07, 6.45) is 0.262. The summed E-state index contributed by atoms with van der Waals surface area (Å²) in [5, 5.41) is 8.81. The van der Waals surface area contributed by atoms with Crippen LogP contribution in [0, 0.1) is 11.3 Å². The molecular weight excluding hydrogens is 212 g/mol. The van der Waals surface area contributed by atoms with Gasteiger partial charge in [-0.05, 0) is 23.1 Å². The summed E-state index contributed by atoms with van der Waals surface area (Å²) in [6.45, 7) is 4.25. The van der Waals surface area contributed by atoms with Crippen LogP contribution in [0.1, 0.15) is 43.2 Å². The fraction of sp³-hybridized carbons (Fsp3) is 0.429. The molecule has 88 valence electrons. The number of fused-ring (bicyclic) bond motifs is 1. The van der Waals surface area contributed by atoms with Crippen LogP contribution in [0.25, 0.3) is 0 Å². The van der Waals surface area contributed by atoms with Crippen molar-refractivity contribution in [1.82, 2.24) is 0 Å². The molecule has 0 aliphatic carbocycles. The molecular formula is C14H16N2O. The normalized spacial score (nSPS) is 18.4. The molecule has 1 aliphatic rings. The van der Waals surface area contributed by atoms with Gasteiger partial charge >= 0.3 is 0 Å². The molecule has 1 atom stereocenters. The summed E-state index contributed by atoms with van der Waals surface area (Å²) in [4.78, 5) is 13.7. The summed E-state index contributed by atoms with van der Waals surface area (Å²) in [7, 11) is 1.77. The van der Waals surface area contributed by atoms with E-state index in [1.165, 1.54) is 5.56 Å². The molecule has 1 aromatic carbocycles. The van der Waals surface area contributed by atoms with Gasteiger partial charge in [-0.1, -0.05) is 26.0 Å². The van der Waals surface area contributed by atoms with Crippen molar-refractivity contribution in [3.05, 3.63) is 29.3 Å². The fourth-order valence-corrected chi connectivity index (χ4v) is 2.29. The van der Waals surface area contributed by atoms with Gasteiger partial charge in [-0.3, -0.25) is 4.79 Å². The van der Waals surface area contributed by atoms with Crippen molar-refractivity contribution < 1.29 is 4.79 Å². The second-order valence-electron chi connectivity index (χ2n) is 4.79. The highest BCUT2D eigenvalue weighted by Crippen LogP contribution is 2.39. The number of nitrogens with zero attached hydrogens (tertiary/aromatic N) is 2. The number of amides is 1. The molecule has 17 heavy (non-hydrogen) atoms. The summed E-state index contributed by atoms with van der Waals surface area (Å²) < 4.78 is 0. The molecule has 0 bridgehead atoms. The standard InChI is InChI=1S/C14H16N2O/c1-9(2)10-4-5-13-12(8-10)11(6-7-15)14(17)16(13)3/h4-5,8-9,11H,6H2,1-3H3/t11-/m0/s1. The van der Waals surface area contributed by atoms with Gasteiger partial charge in [0, 0.05) is 12.7 Å². The number of anilines is 1. The summed E-state index contributed by atoms with van der Waals surface area (Å²) in [5.74, 6) is 0.185. The lowest BCUT2D eigenvalue weighted by atomic mass is 9.93. The quantitative estimate of drug-likeness (QED) is 0.781. The Morgan fingerprint density at radius 1 is 1.47 bits per heavy atom. The molecule has 0 fully saturated rings. The van der Waals surface area contributed by atoms with Gasteiger partial charge in [0.05, 0.1) is 18.4 Å². The highest BCUT2D eigenvalue weighted by Gasteiger charge is 2.34. The van der Waals surface area contributed by atoms with E-state index >= 15 is 0 Å². The van der Waals surface area contributed by atoms with Crippen molar-refractivity contribution in [2.45, 2.75) is 32.1 Å². The molecule has 2 rings (SSSR count). The summed E-state index contributed by atoms with van der Waals surface area (Å²) >= 11 is 0. The van der Waals surface area contributed by atoms with Crippen LogP contribution in [0.15, 0.2) is 18.2 Å². The molecule has 1 heterocycles. The van der Waals surface area contributed by atoms with Gasteiger partial charge < -0.3 is 4.90 Å². The molecule has 0 aromatic heterocycles. The zero-order valence-electron chi connectivity index (χ0n) is 10.4. The molecule has 0 unspecified atom stereocenters. The van der Waals surface area contributed by atoms with Crippen LogP contribution in [0.3, 0.4) is 0 Å². The van der Waals surface area contributed by atoms with Crippen LogP contribution in [0.4, 0.5) is 5.69 Å². The van der Waals surface area contributed by atoms with E-state index in [1.54, 1.807) is 11.9 Å². The first kappa shape index (κ1) is 11.7. The van der Waals surface area contributed by atoms with Crippen molar-refractivity contribution in [3.8, 4) is 6.07 Å². The number of carbonyl (C=O) groups excluding carboxylic acids is 1. The first-order valence-corrected chi connectivity index (χ1v) is 5.84. The van der Waals surface area contributed by atoms with Crippen molar-refractivity contribution in [2.75, 3.05) is 11.9 Å². The lowest BCUT2D eigenvalue weighted by molar-refractivity contribution is -0.118. The molecule has 0 radical (unpaired) electrons. The highest BCUT2D eigenvalue weighted by molar-refractivity contribution is 6.04. The van der Waals surface area contributed by atoms with Crippen LogP contribution in [0.2, 0.25) is 0 Å². The maximum absolute atomic E-state index is 12.0. The maximum Gasteiger partial charge on any atom is 0.235 e. The Bertz CT molecular complexity index is 499. The molecule has 1 aliphatic heterocycles. The third-order valence-corrected chi connectivity index (χ3v) is 3.38. The average molecular weight is 228 g/mol. The van der Waals surface area contributed by atoms with Crippen molar-refractivity contribution in [1.29, 1.82) is 5.26 Å². The van der Waals surface area contributed by atoms with Gasteiger partial charge in [-0.25, -0.2) is 0 Å². The van der Waals surface area contributed by atoms with Crippen molar-refractivity contribution in [3.63, 3.8) is 0 Å². The first-order chi connectivity index (χ1) is 8.06. The van der Waals surface area contributed by atoms with E-state index in [0.717, 1.165) is 11.3 Å². The zero-order valence-corrected chi connectivity index (χ0v) is 10.4. The predicted octanol–water partition coefficient (Wildman–Crippen LogP) is 2.78. The number of carbonyl (C=O) groups is 1. The monoisotopic (exact) mass is 228 g/mol. The van der Waals surface area contributed by atoms with E-state index in [2.05, 4.69) is 32.0 Å². The molecule has 1 amide bonds. The average Bonchev–Trinajstić information content (AvgIpc) is 2.54. The summed E-state index contributed by atoms with van der Waals surface area (Å²) in [5.41, 5.74) is 3.17. The second kappa shape index (κ2) is 4.21. The number of benzene rings is 1. The molecule has 3 nitrogen and oxygen atoms in total. The number of rotatable bonds is 2. The van der Waals surface area contributed by atoms with Crippen LogP contribution < -0.4 is 4.90 Å². The maximum atomic E-state index is 12.0. The Kier molecular flexibility index (Phi) is 2.89. The van der Waals surface area contributed by atoms with Gasteiger partial charge in [0.2, 0.25) is 5.91 Å². The van der Waals surface area contributed by atoms with Crippen LogP contribution >= 0.6 is 0 Å². The zero-order chi connectivity index (χ0) is 12.6. The molecule has 0 saturated heterocycles. The fourth-order valence-electron chi connectivity index (χ4n) is 2.29. The minimum atomic E-state index is -0.279.